The Hall–Kier alpha value is -1.42. The Morgan fingerprint density at radius 1 is 1.52 bits per heavy atom. The Kier molecular flexibility index (Phi) is 5.74. The number of nitrogens with zero attached hydrogens (tertiary/aromatic N) is 1. The number of carbonyl (C=O) groups is 1. The number of amides is 1. The number of anilines is 1. The van der Waals surface area contributed by atoms with Crippen molar-refractivity contribution in [2.24, 2.45) is 5.92 Å². The summed E-state index contributed by atoms with van der Waals surface area (Å²) in [5, 5.41) is 15.3. The van der Waals surface area contributed by atoms with Gasteiger partial charge in [0.05, 0.1) is 30.4 Å². The Labute approximate surface area is 132 Å². The number of halogens is 1. The van der Waals surface area contributed by atoms with Crippen LogP contribution in [0.15, 0.2) is 22.7 Å². The number of nitriles is 1. The van der Waals surface area contributed by atoms with E-state index in [9.17, 15) is 4.79 Å². The lowest BCUT2D eigenvalue weighted by atomic mass is 10.0. The van der Waals surface area contributed by atoms with E-state index in [0.717, 1.165) is 17.4 Å². The minimum atomic E-state index is -0.230. The van der Waals surface area contributed by atoms with Gasteiger partial charge in [-0.15, -0.1) is 0 Å². The van der Waals surface area contributed by atoms with Crippen molar-refractivity contribution in [2.75, 3.05) is 25.1 Å². The summed E-state index contributed by atoms with van der Waals surface area (Å²) in [5.41, 5.74) is 0.974. The van der Waals surface area contributed by atoms with Crippen molar-refractivity contribution >= 4 is 27.5 Å². The second-order valence-corrected chi connectivity index (χ2v) is 5.91. The molecule has 1 aliphatic heterocycles. The molecule has 1 heterocycles. The van der Waals surface area contributed by atoms with Crippen molar-refractivity contribution in [1.82, 2.24) is 5.32 Å². The van der Waals surface area contributed by atoms with Crippen molar-refractivity contribution in [3.63, 3.8) is 0 Å². The van der Waals surface area contributed by atoms with Crippen LogP contribution in [0, 0.1) is 17.2 Å². The fourth-order valence-corrected chi connectivity index (χ4v) is 2.65. The third-order valence-electron chi connectivity index (χ3n) is 3.43. The van der Waals surface area contributed by atoms with Gasteiger partial charge in [0, 0.05) is 10.5 Å². The van der Waals surface area contributed by atoms with Gasteiger partial charge in [0.15, 0.2) is 0 Å². The molecule has 0 saturated carbocycles. The molecule has 1 amide bonds. The van der Waals surface area contributed by atoms with Gasteiger partial charge < -0.3 is 15.4 Å². The maximum atomic E-state index is 12.4. The molecule has 1 aromatic rings. The first kappa shape index (κ1) is 16.0. The van der Waals surface area contributed by atoms with Crippen LogP contribution in [0.4, 0.5) is 5.69 Å². The lowest BCUT2D eigenvalue weighted by molar-refractivity contribution is -0.120. The molecular weight excluding hydrogens is 334 g/mol. The van der Waals surface area contributed by atoms with E-state index in [4.69, 9.17) is 10.00 Å². The van der Waals surface area contributed by atoms with E-state index in [0.29, 0.717) is 24.5 Å². The molecule has 0 bridgehead atoms. The number of carbonyl (C=O) groups excluding carboxylic acids is 1. The summed E-state index contributed by atoms with van der Waals surface area (Å²) in [6.45, 7) is 3.90. The summed E-state index contributed by atoms with van der Waals surface area (Å²) in [5.74, 6) is -0.341. The van der Waals surface area contributed by atoms with Crippen LogP contribution in [0.3, 0.4) is 0 Å². The van der Waals surface area contributed by atoms with E-state index >= 15 is 0 Å². The van der Waals surface area contributed by atoms with Gasteiger partial charge in [-0.2, -0.15) is 5.26 Å². The molecule has 0 spiro atoms. The number of ether oxygens (including phenoxy) is 1. The second kappa shape index (κ2) is 7.55. The molecule has 2 rings (SSSR count). The molecule has 5 nitrogen and oxygen atoms in total. The maximum absolute atomic E-state index is 12.4. The highest BCUT2D eigenvalue weighted by atomic mass is 79.9. The first-order valence-corrected chi connectivity index (χ1v) is 7.76. The molecule has 0 radical (unpaired) electrons. The van der Waals surface area contributed by atoms with Crippen LogP contribution in [0.5, 0.6) is 0 Å². The standard InChI is InChI=1S/C15H18BrN3O2/c1-2-5-18-14-9-21-8-12(14)15(20)19-13-4-3-11(16)6-10(13)7-17/h3-4,6,12,14,18H,2,5,8-9H2,1H3,(H,19,20). The van der Waals surface area contributed by atoms with E-state index in [1.165, 1.54) is 0 Å². The lowest BCUT2D eigenvalue weighted by Gasteiger charge is -2.18. The van der Waals surface area contributed by atoms with Gasteiger partial charge >= 0.3 is 0 Å². The highest BCUT2D eigenvalue weighted by Crippen LogP contribution is 2.22. The molecule has 0 aromatic heterocycles. The Balaban J connectivity index is 2.06. The van der Waals surface area contributed by atoms with E-state index in [2.05, 4.69) is 39.6 Å². The summed E-state index contributed by atoms with van der Waals surface area (Å²) in [6, 6.07) is 7.33. The monoisotopic (exact) mass is 351 g/mol. The molecule has 112 valence electrons. The summed E-state index contributed by atoms with van der Waals surface area (Å²) < 4.78 is 6.21. The number of nitrogens with one attached hydrogen (secondary N) is 2. The smallest absolute Gasteiger partial charge is 0.231 e. The maximum Gasteiger partial charge on any atom is 0.231 e. The summed E-state index contributed by atoms with van der Waals surface area (Å²) in [4.78, 5) is 12.4. The number of rotatable bonds is 5. The van der Waals surface area contributed by atoms with Gasteiger partial charge in [-0.3, -0.25) is 4.79 Å². The molecule has 2 N–H and O–H groups in total. The van der Waals surface area contributed by atoms with Crippen LogP contribution in [0.2, 0.25) is 0 Å². The van der Waals surface area contributed by atoms with E-state index in [1.54, 1.807) is 18.2 Å². The normalized spacial score (nSPS) is 21.0. The predicted molar refractivity (Wildman–Crippen MR) is 83.9 cm³/mol. The van der Waals surface area contributed by atoms with Gasteiger partial charge in [-0.1, -0.05) is 22.9 Å². The fourth-order valence-electron chi connectivity index (χ4n) is 2.29. The van der Waals surface area contributed by atoms with Gasteiger partial charge in [0.1, 0.15) is 6.07 Å². The van der Waals surface area contributed by atoms with Crippen LogP contribution in [-0.4, -0.2) is 31.7 Å². The molecular formula is C15H18BrN3O2. The van der Waals surface area contributed by atoms with Crippen molar-refractivity contribution in [1.29, 1.82) is 5.26 Å². The molecule has 0 aliphatic carbocycles. The highest BCUT2D eigenvalue weighted by Gasteiger charge is 2.33. The van der Waals surface area contributed by atoms with Crippen molar-refractivity contribution in [2.45, 2.75) is 19.4 Å². The summed E-state index contributed by atoms with van der Waals surface area (Å²) in [6.07, 6.45) is 1.01. The SMILES string of the molecule is CCCNC1COCC1C(=O)Nc1ccc(Br)cc1C#N. The van der Waals surface area contributed by atoms with Crippen molar-refractivity contribution < 1.29 is 9.53 Å². The summed E-state index contributed by atoms with van der Waals surface area (Å²) >= 11 is 3.31. The van der Waals surface area contributed by atoms with E-state index in [1.807, 2.05) is 0 Å². The van der Waals surface area contributed by atoms with Crippen molar-refractivity contribution in [3.05, 3.63) is 28.2 Å². The Morgan fingerprint density at radius 3 is 3.05 bits per heavy atom. The zero-order chi connectivity index (χ0) is 15.2. The van der Waals surface area contributed by atoms with Gasteiger partial charge in [0.25, 0.3) is 0 Å². The number of hydrogen-bond acceptors (Lipinski definition) is 4. The molecule has 1 fully saturated rings. The lowest BCUT2D eigenvalue weighted by Crippen LogP contribution is -2.41. The molecule has 2 atom stereocenters. The van der Waals surface area contributed by atoms with Crippen LogP contribution >= 0.6 is 15.9 Å². The molecule has 1 saturated heterocycles. The molecule has 6 heteroatoms. The zero-order valence-corrected chi connectivity index (χ0v) is 13.4. The molecule has 2 unspecified atom stereocenters. The fraction of sp³-hybridized carbons (Fsp3) is 0.467. The van der Waals surface area contributed by atoms with Gasteiger partial charge in [-0.05, 0) is 31.2 Å². The van der Waals surface area contributed by atoms with E-state index in [-0.39, 0.29) is 17.9 Å². The van der Waals surface area contributed by atoms with Crippen LogP contribution in [0.1, 0.15) is 18.9 Å². The quantitative estimate of drug-likeness (QED) is 0.853. The predicted octanol–water partition coefficient (Wildman–Crippen LogP) is 2.27. The molecule has 21 heavy (non-hydrogen) atoms. The van der Waals surface area contributed by atoms with Crippen molar-refractivity contribution in [3.8, 4) is 6.07 Å². The number of benzene rings is 1. The van der Waals surface area contributed by atoms with Crippen LogP contribution in [-0.2, 0) is 9.53 Å². The highest BCUT2D eigenvalue weighted by molar-refractivity contribution is 9.10. The van der Waals surface area contributed by atoms with E-state index < -0.39 is 0 Å². The Bertz CT molecular complexity index is 556. The first-order chi connectivity index (χ1) is 10.2. The largest absolute Gasteiger partial charge is 0.379 e. The topological polar surface area (TPSA) is 74.2 Å². The third kappa shape index (κ3) is 4.03. The molecule has 1 aromatic carbocycles. The Morgan fingerprint density at radius 2 is 2.33 bits per heavy atom. The minimum Gasteiger partial charge on any atom is -0.379 e. The average Bonchev–Trinajstić information content (AvgIpc) is 2.95. The minimum absolute atomic E-state index is 0.0333. The van der Waals surface area contributed by atoms with Gasteiger partial charge in [-0.25, -0.2) is 0 Å². The summed E-state index contributed by atoms with van der Waals surface area (Å²) in [7, 11) is 0. The second-order valence-electron chi connectivity index (χ2n) is 5.00. The van der Waals surface area contributed by atoms with Crippen LogP contribution < -0.4 is 10.6 Å². The average molecular weight is 352 g/mol. The van der Waals surface area contributed by atoms with Gasteiger partial charge in [0.2, 0.25) is 5.91 Å². The molecule has 1 aliphatic rings. The van der Waals surface area contributed by atoms with Crippen LogP contribution in [0.25, 0.3) is 0 Å². The third-order valence-corrected chi connectivity index (χ3v) is 3.93. The zero-order valence-electron chi connectivity index (χ0n) is 11.9. The number of hydrogen-bond donors (Lipinski definition) is 2. The first-order valence-electron chi connectivity index (χ1n) is 6.97.